The van der Waals surface area contributed by atoms with E-state index in [1.807, 2.05) is 0 Å². The Hall–Kier alpha value is -1.68. The van der Waals surface area contributed by atoms with Crippen molar-refractivity contribution in [3.05, 3.63) is 47.1 Å². The van der Waals surface area contributed by atoms with E-state index in [1.54, 1.807) is 6.92 Å². The van der Waals surface area contributed by atoms with Gasteiger partial charge in [0.15, 0.2) is 5.82 Å². The summed E-state index contributed by atoms with van der Waals surface area (Å²) < 4.78 is 5.14. The molecule has 0 saturated carbocycles. The molecule has 1 N–H and O–H groups in total. The maximum atomic E-state index is 9.19. The molecule has 0 fully saturated rings. The molecule has 18 heavy (non-hydrogen) atoms. The molecule has 1 aromatic heterocycles. The Kier molecular flexibility index (Phi) is 4.10. The molecule has 0 aliphatic carbocycles. The van der Waals surface area contributed by atoms with Gasteiger partial charge in [-0.05, 0) is 25.8 Å². The van der Waals surface area contributed by atoms with E-state index in [2.05, 4.69) is 41.3 Å². The maximum absolute atomic E-state index is 9.19. The SMILES string of the molecule is Cc1ccc(Cc2noc(CCC(C)O)n2)cc1. The van der Waals surface area contributed by atoms with E-state index in [0.29, 0.717) is 31.0 Å². The topological polar surface area (TPSA) is 59.2 Å². The van der Waals surface area contributed by atoms with Gasteiger partial charge >= 0.3 is 0 Å². The molecular weight excluding hydrogens is 228 g/mol. The number of rotatable bonds is 5. The van der Waals surface area contributed by atoms with Gasteiger partial charge in [0.2, 0.25) is 5.89 Å². The zero-order chi connectivity index (χ0) is 13.0. The summed E-state index contributed by atoms with van der Waals surface area (Å²) in [6.07, 6.45) is 1.61. The molecule has 96 valence electrons. The molecule has 0 radical (unpaired) electrons. The fraction of sp³-hybridized carbons (Fsp3) is 0.429. The van der Waals surface area contributed by atoms with Gasteiger partial charge in [-0.15, -0.1) is 0 Å². The second-order valence-corrected chi connectivity index (χ2v) is 4.65. The molecule has 1 atom stereocenters. The zero-order valence-corrected chi connectivity index (χ0v) is 10.8. The number of aliphatic hydroxyl groups is 1. The Morgan fingerprint density at radius 2 is 2.00 bits per heavy atom. The van der Waals surface area contributed by atoms with Gasteiger partial charge in [-0.3, -0.25) is 0 Å². The largest absolute Gasteiger partial charge is 0.393 e. The third-order valence-electron chi connectivity index (χ3n) is 2.77. The van der Waals surface area contributed by atoms with Crippen LogP contribution in [-0.4, -0.2) is 21.4 Å². The standard InChI is InChI=1S/C14H18N2O2/c1-10-3-6-12(7-4-10)9-13-15-14(18-16-13)8-5-11(2)17/h3-4,6-7,11,17H,5,8-9H2,1-2H3. The minimum Gasteiger partial charge on any atom is -0.393 e. The lowest BCUT2D eigenvalue weighted by molar-refractivity contribution is 0.180. The molecule has 2 rings (SSSR count). The van der Waals surface area contributed by atoms with Crippen molar-refractivity contribution in [1.29, 1.82) is 0 Å². The lowest BCUT2D eigenvalue weighted by Crippen LogP contribution is -2.01. The Morgan fingerprint density at radius 3 is 2.67 bits per heavy atom. The average molecular weight is 246 g/mol. The van der Waals surface area contributed by atoms with Crippen molar-refractivity contribution in [3.8, 4) is 0 Å². The van der Waals surface area contributed by atoms with Crippen molar-refractivity contribution in [3.63, 3.8) is 0 Å². The highest BCUT2D eigenvalue weighted by Crippen LogP contribution is 2.09. The van der Waals surface area contributed by atoms with Gasteiger partial charge in [-0.25, -0.2) is 0 Å². The quantitative estimate of drug-likeness (QED) is 0.879. The molecule has 0 aliphatic heterocycles. The van der Waals surface area contributed by atoms with Crippen LogP contribution in [0.5, 0.6) is 0 Å². The summed E-state index contributed by atoms with van der Waals surface area (Å²) in [4.78, 5) is 4.31. The Morgan fingerprint density at radius 1 is 1.28 bits per heavy atom. The number of hydrogen-bond donors (Lipinski definition) is 1. The number of aryl methyl sites for hydroxylation is 2. The van der Waals surface area contributed by atoms with Crippen LogP contribution in [-0.2, 0) is 12.8 Å². The zero-order valence-electron chi connectivity index (χ0n) is 10.8. The van der Waals surface area contributed by atoms with Crippen molar-refractivity contribution in [2.24, 2.45) is 0 Å². The first-order chi connectivity index (χ1) is 8.63. The lowest BCUT2D eigenvalue weighted by atomic mass is 10.1. The highest BCUT2D eigenvalue weighted by Gasteiger charge is 2.08. The van der Waals surface area contributed by atoms with Crippen LogP contribution in [0.1, 0.15) is 36.2 Å². The van der Waals surface area contributed by atoms with Gasteiger partial charge in [0.1, 0.15) is 0 Å². The summed E-state index contributed by atoms with van der Waals surface area (Å²) in [5.41, 5.74) is 2.41. The molecular formula is C14H18N2O2. The van der Waals surface area contributed by atoms with Crippen LogP contribution in [0.3, 0.4) is 0 Å². The Labute approximate surface area is 107 Å². The fourth-order valence-corrected chi connectivity index (χ4v) is 1.68. The van der Waals surface area contributed by atoms with Crippen LogP contribution >= 0.6 is 0 Å². The molecule has 1 heterocycles. The lowest BCUT2D eigenvalue weighted by Gasteiger charge is -1.98. The maximum Gasteiger partial charge on any atom is 0.226 e. The number of benzene rings is 1. The van der Waals surface area contributed by atoms with Crippen molar-refractivity contribution in [1.82, 2.24) is 10.1 Å². The van der Waals surface area contributed by atoms with Crippen LogP contribution in [0, 0.1) is 6.92 Å². The van der Waals surface area contributed by atoms with Gasteiger partial charge in [-0.1, -0.05) is 35.0 Å². The van der Waals surface area contributed by atoms with Crippen molar-refractivity contribution in [2.45, 2.75) is 39.2 Å². The smallest absolute Gasteiger partial charge is 0.226 e. The second-order valence-electron chi connectivity index (χ2n) is 4.65. The van der Waals surface area contributed by atoms with Gasteiger partial charge in [0.25, 0.3) is 0 Å². The summed E-state index contributed by atoms with van der Waals surface area (Å²) in [5.74, 6) is 1.29. The molecule has 1 unspecified atom stereocenters. The van der Waals surface area contributed by atoms with Gasteiger partial charge in [0, 0.05) is 12.8 Å². The first-order valence-electron chi connectivity index (χ1n) is 6.18. The fourth-order valence-electron chi connectivity index (χ4n) is 1.68. The van der Waals surface area contributed by atoms with Crippen molar-refractivity contribution in [2.75, 3.05) is 0 Å². The second kappa shape index (κ2) is 5.78. The third-order valence-corrected chi connectivity index (χ3v) is 2.77. The van der Waals surface area contributed by atoms with Crippen molar-refractivity contribution >= 4 is 0 Å². The first-order valence-corrected chi connectivity index (χ1v) is 6.18. The Bertz CT molecular complexity index is 489. The summed E-state index contributed by atoms with van der Waals surface area (Å²) in [5, 5.41) is 13.1. The van der Waals surface area contributed by atoms with Gasteiger partial charge < -0.3 is 9.63 Å². The van der Waals surface area contributed by atoms with E-state index in [1.165, 1.54) is 11.1 Å². The molecule has 4 heteroatoms. The molecule has 0 amide bonds. The highest BCUT2D eigenvalue weighted by atomic mass is 16.5. The predicted molar refractivity (Wildman–Crippen MR) is 68.3 cm³/mol. The number of aliphatic hydroxyl groups excluding tert-OH is 1. The molecule has 4 nitrogen and oxygen atoms in total. The van der Waals surface area contributed by atoms with Crippen LogP contribution in [0.15, 0.2) is 28.8 Å². The van der Waals surface area contributed by atoms with Crippen molar-refractivity contribution < 1.29 is 9.63 Å². The van der Waals surface area contributed by atoms with Crippen LogP contribution < -0.4 is 0 Å². The summed E-state index contributed by atoms with van der Waals surface area (Å²) in [6, 6.07) is 8.29. The molecule has 0 saturated heterocycles. The number of nitrogens with zero attached hydrogens (tertiary/aromatic N) is 2. The Balaban J connectivity index is 1.95. The van der Waals surface area contributed by atoms with E-state index in [-0.39, 0.29) is 6.10 Å². The molecule has 0 aliphatic rings. The molecule has 0 spiro atoms. The predicted octanol–water partition coefficient (Wildman–Crippen LogP) is 2.28. The third kappa shape index (κ3) is 3.67. The molecule has 2 aromatic rings. The normalized spacial score (nSPS) is 12.6. The first kappa shape index (κ1) is 12.8. The van der Waals surface area contributed by atoms with E-state index < -0.39 is 0 Å². The van der Waals surface area contributed by atoms with Crippen LogP contribution in [0.4, 0.5) is 0 Å². The molecule has 0 bridgehead atoms. The van der Waals surface area contributed by atoms with E-state index in [9.17, 15) is 5.11 Å². The van der Waals surface area contributed by atoms with Gasteiger partial charge in [0.05, 0.1) is 6.10 Å². The molecule has 1 aromatic carbocycles. The number of hydrogen-bond acceptors (Lipinski definition) is 4. The van der Waals surface area contributed by atoms with Gasteiger partial charge in [-0.2, -0.15) is 4.98 Å². The summed E-state index contributed by atoms with van der Waals surface area (Å²) in [6.45, 7) is 3.82. The minimum atomic E-state index is -0.336. The van der Waals surface area contributed by atoms with E-state index in [4.69, 9.17) is 4.52 Å². The number of aromatic nitrogens is 2. The average Bonchev–Trinajstić information content (AvgIpc) is 2.77. The van der Waals surface area contributed by atoms with Crippen LogP contribution in [0.2, 0.25) is 0 Å². The summed E-state index contributed by atoms with van der Waals surface area (Å²) in [7, 11) is 0. The minimum absolute atomic E-state index is 0.336. The summed E-state index contributed by atoms with van der Waals surface area (Å²) >= 11 is 0. The highest BCUT2D eigenvalue weighted by molar-refractivity contribution is 5.23. The monoisotopic (exact) mass is 246 g/mol. The van der Waals surface area contributed by atoms with E-state index in [0.717, 1.165) is 0 Å². The van der Waals surface area contributed by atoms with E-state index >= 15 is 0 Å². The van der Waals surface area contributed by atoms with Crippen LogP contribution in [0.25, 0.3) is 0 Å².